The standard InChI is InChI=1S/C16H12Cl2N2OS/c17-11-1-4-13(5-2-11)22-8-7-20-10-19-15-6-3-12(18)9-14(15)16(20)21/h1-6,9-10H,7-8H2. The van der Waals surface area contributed by atoms with E-state index in [0.29, 0.717) is 22.5 Å². The molecule has 0 aliphatic rings. The number of nitrogens with zero attached hydrogens (tertiary/aromatic N) is 2. The molecule has 1 aromatic heterocycles. The Labute approximate surface area is 141 Å². The zero-order valence-electron chi connectivity index (χ0n) is 11.5. The Balaban J connectivity index is 1.75. The topological polar surface area (TPSA) is 34.9 Å². The fourth-order valence-corrected chi connectivity index (χ4v) is 3.23. The summed E-state index contributed by atoms with van der Waals surface area (Å²) in [7, 11) is 0. The Morgan fingerprint density at radius 2 is 1.77 bits per heavy atom. The largest absolute Gasteiger partial charge is 0.298 e. The molecular weight excluding hydrogens is 339 g/mol. The van der Waals surface area contributed by atoms with Crippen molar-refractivity contribution in [2.24, 2.45) is 0 Å². The molecule has 22 heavy (non-hydrogen) atoms. The first-order valence-electron chi connectivity index (χ1n) is 6.66. The Morgan fingerprint density at radius 1 is 1.05 bits per heavy atom. The molecule has 1 heterocycles. The van der Waals surface area contributed by atoms with Crippen LogP contribution >= 0.6 is 35.0 Å². The number of hydrogen-bond acceptors (Lipinski definition) is 3. The minimum atomic E-state index is -0.0655. The van der Waals surface area contributed by atoms with Gasteiger partial charge in [-0.3, -0.25) is 9.36 Å². The molecule has 3 aromatic rings. The van der Waals surface area contributed by atoms with Crippen LogP contribution in [0, 0.1) is 0 Å². The zero-order valence-corrected chi connectivity index (χ0v) is 13.8. The molecule has 0 atom stereocenters. The highest BCUT2D eigenvalue weighted by Crippen LogP contribution is 2.20. The molecule has 0 bridgehead atoms. The van der Waals surface area contributed by atoms with Gasteiger partial charge in [0.25, 0.3) is 5.56 Å². The first kappa shape index (κ1) is 15.4. The van der Waals surface area contributed by atoms with Gasteiger partial charge in [-0.2, -0.15) is 0 Å². The molecule has 0 radical (unpaired) electrons. The molecule has 3 nitrogen and oxygen atoms in total. The highest BCUT2D eigenvalue weighted by Gasteiger charge is 2.05. The van der Waals surface area contributed by atoms with Crippen molar-refractivity contribution in [2.75, 3.05) is 5.75 Å². The molecule has 0 fully saturated rings. The van der Waals surface area contributed by atoms with E-state index in [1.807, 2.05) is 24.3 Å². The molecule has 2 aromatic carbocycles. The van der Waals surface area contributed by atoms with E-state index in [2.05, 4.69) is 4.98 Å². The second kappa shape index (κ2) is 6.73. The molecule has 0 aliphatic carbocycles. The summed E-state index contributed by atoms with van der Waals surface area (Å²) in [5.41, 5.74) is 0.597. The minimum absolute atomic E-state index is 0.0655. The molecule has 0 saturated carbocycles. The summed E-state index contributed by atoms with van der Waals surface area (Å²) in [5, 5.41) is 1.81. The number of rotatable bonds is 4. The second-order valence-corrected chi connectivity index (χ2v) is 6.75. The van der Waals surface area contributed by atoms with E-state index < -0.39 is 0 Å². The molecular formula is C16H12Cl2N2OS. The average Bonchev–Trinajstić information content (AvgIpc) is 2.52. The number of thioether (sulfide) groups is 1. The summed E-state index contributed by atoms with van der Waals surface area (Å²) in [5.74, 6) is 0.773. The first-order valence-corrected chi connectivity index (χ1v) is 8.41. The number of fused-ring (bicyclic) bond motifs is 1. The van der Waals surface area contributed by atoms with Gasteiger partial charge in [0.2, 0.25) is 0 Å². The van der Waals surface area contributed by atoms with E-state index in [-0.39, 0.29) is 5.56 Å². The van der Waals surface area contributed by atoms with Crippen LogP contribution < -0.4 is 5.56 Å². The fraction of sp³-hybridized carbons (Fsp3) is 0.125. The summed E-state index contributed by atoms with van der Waals surface area (Å²) in [4.78, 5) is 17.8. The van der Waals surface area contributed by atoms with Crippen LogP contribution in [0.15, 0.2) is 58.5 Å². The van der Waals surface area contributed by atoms with E-state index in [9.17, 15) is 4.79 Å². The number of halogens is 2. The summed E-state index contributed by atoms with van der Waals surface area (Å²) in [6, 6.07) is 12.8. The third kappa shape index (κ3) is 3.46. The van der Waals surface area contributed by atoms with Gasteiger partial charge < -0.3 is 0 Å². The lowest BCUT2D eigenvalue weighted by Gasteiger charge is -2.07. The van der Waals surface area contributed by atoms with E-state index in [4.69, 9.17) is 23.2 Å². The minimum Gasteiger partial charge on any atom is -0.298 e. The SMILES string of the molecule is O=c1c2cc(Cl)ccc2ncn1CCSc1ccc(Cl)cc1. The highest BCUT2D eigenvalue weighted by atomic mass is 35.5. The van der Waals surface area contributed by atoms with Crippen LogP contribution in [0.1, 0.15) is 0 Å². The molecule has 112 valence electrons. The molecule has 0 unspecified atom stereocenters. The van der Waals surface area contributed by atoms with Crippen molar-refractivity contribution >= 4 is 45.9 Å². The van der Waals surface area contributed by atoms with Gasteiger partial charge in [0.05, 0.1) is 17.2 Å². The zero-order chi connectivity index (χ0) is 15.5. The van der Waals surface area contributed by atoms with Gasteiger partial charge in [0, 0.05) is 27.2 Å². The summed E-state index contributed by atoms with van der Waals surface area (Å²) in [6.07, 6.45) is 1.58. The Hall–Kier alpha value is -1.49. The number of aromatic nitrogens is 2. The van der Waals surface area contributed by atoms with Gasteiger partial charge in [-0.25, -0.2) is 4.98 Å². The predicted molar refractivity (Wildman–Crippen MR) is 93.2 cm³/mol. The van der Waals surface area contributed by atoms with Crippen molar-refractivity contribution in [1.29, 1.82) is 0 Å². The molecule has 0 saturated heterocycles. The third-order valence-corrected chi connectivity index (χ3v) is 4.68. The van der Waals surface area contributed by atoms with Gasteiger partial charge in [-0.1, -0.05) is 23.2 Å². The maximum absolute atomic E-state index is 12.4. The second-order valence-electron chi connectivity index (χ2n) is 4.71. The number of benzene rings is 2. The third-order valence-electron chi connectivity index (χ3n) is 3.20. The van der Waals surface area contributed by atoms with Gasteiger partial charge in [-0.05, 0) is 42.5 Å². The highest BCUT2D eigenvalue weighted by molar-refractivity contribution is 7.99. The Kier molecular flexibility index (Phi) is 4.71. The van der Waals surface area contributed by atoms with E-state index in [0.717, 1.165) is 15.7 Å². The van der Waals surface area contributed by atoms with Crippen LogP contribution in [0.25, 0.3) is 10.9 Å². The normalized spacial score (nSPS) is 11.0. The molecule has 6 heteroatoms. The monoisotopic (exact) mass is 350 g/mol. The van der Waals surface area contributed by atoms with Crippen LogP contribution in [0.3, 0.4) is 0 Å². The average molecular weight is 351 g/mol. The van der Waals surface area contributed by atoms with Crippen molar-refractivity contribution < 1.29 is 0 Å². The maximum atomic E-state index is 12.4. The molecule has 0 amide bonds. The van der Waals surface area contributed by atoms with Gasteiger partial charge in [0.1, 0.15) is 0 Å². The number of aryl methyl sites for hydroxylation is 1. The van der Waals surface area contributed by atoms with Crippen LogP contribution in [0.2, 0.25) is 10.0 Å². The van der Waals surface area contributed by atoms with E-state index in [1.165, 1.54) is 0 Å². The number of hydrogen-bond donors (Lipinski definition) is 0. The van der Waals surface area contributed by atoms with Gasteiger partial charge in [0.15, 0.2) is 0 Å². The van der Waals surface area contributed by atoms with Crippen molar-refractivity contribution in [3.8, 4) is 0 Å². The molecule has 0 N–H and O–H groups in total. The van der Waals surface area contributed by atoms with Gasteiger partial charge >= 0.3 is 0 Å². The van der Waals surface area contributed by atoms with Crippen molar-refractivity contribution in [1.82, 2.24) is 9.55 Å². The predicted octanol–water partition coefficient (Wildman–Crippen LogP) is 4.50. The summed E-state index contributed by atoms with van der Waals surface area (Å²) >= 11 is 13.5. The first-order chi connectivity index (χ1) is 10.6. The van der Waals surface area contributed by atoms with Gasteiger partial charge in [-0.15, -0.1) is 11.8 Å². The van der Waals surface area contributed by atoms with E-state index in [1.54, 1.807) is 40.9 Å². The van der Waals surface area contributed by atoms with Crippen LogP contribution in [-0.2, 0) is 6.54 Å². The Bertz CT molecular complexity index is 862. The molecule has 3 rings (SSSR count). The van der Waals surface area contributed by atoms with Crippen LogP contribution in [-0.4, -0.2) is 15.3 Å². The maximum Gasteiger partial charge on any atom is 0.261 e. The summed E-state index contributed by atoms with van der Waals surface area (Å²) < 4.78 is 1.61. The smallest absolute Gasteiger partial charge is 0.261 e. The van der Waals surface area contributed by atoms with Crippen molar-refractivity contribution in [3.63, 3.8) is 0 Å². The molecule has 0 spiro atoms. The molecule has 0 aliphatic heterocycles. The van der Waals surface area contributed by atoms with Crippen molar-refractivity contribution in [3.05, 3.63) is 69.2 Å². The van der Waals surface area contributed by atoms with E-state index >= 15 is 0 Å². The van der Waals surface area contributed by atoms with Crippen LogP contribution in [0.4, 0.5) is 0 Å². The fourth-order valence-electron chi connectivity index (χ4n) is 2.08. The summed E-state index contributed by atoms with van der Waals surface area (Å²) in [6.45, 7) is 0.585. The lowest BCUT2D eigenvalue weighted by atomic mass is 10.2. The van der Waals surface area contributed by atoms with Crippen molar-refractivity contribution in [2.45, 2.75) is 11.4 Å². The van der Waals surface area contributed by atoms with Crippen LogP contribution in [0.5, 0.6) is 0 Å². The Morgan fingerprint density at radius 3 is 2.55 bits per heavy atom. The lowest BCUT2D eigenvalue weighted by molar-refractivity contribution is 0.725. The quantitative estimate of drug-likeness (QED) is 0.650. The lowest BCUT2D eigenvalue weighted by Crippen LogP contribution is -2.21.